The Bertz CT molecular complexity index is 1080. The van der Waals surface area contributed by atoms with Crippen molar-refractivity contribution >= 4 is 15.4 Å². The number of rotatable bonds is 6. The molecule has 3 rings (SSSR count). The van der Waals surface area contributed by atoms with E-state index in [-0.39, 0.29) is 28.4 Å². The van der Waals surface area contributed by atoms with E-state index in [1.165, 1.54) is 12.1 Å². The molecule has 1 aromatic heterocycles. The molecule has 156 valence electrons. The van der Waals surface area contributed by atoms with Crippen LogP contribution >= 0.6 is 0 Å². The fourth-order valence-corrected chi connectivity index (χ4v) is 4.58. The van der Waals surface area contributed by atoms with Crippen molar-refractivity contribution in [2.24, 2.45) is 5.92 Å². The molecule has 0 bridgehead atoms. The van der Waals surface area contributed by atoms with E-state index in [2.05, 4.69) is 4.98 Å². The van der Waals surface area contributed by atoms with E-state index in [1.54, 1.807) is 25.1 Å². The number of aromatic amines is 1. The van der Waals surface area contributed by atoms with Crippen molar-refractivity contribution in [2.45, 2.75) is 36.1 Å². The van der Waals surface area contributed by atoms with Crippen molar-refractivity contribution in [2.75, 3.05) is 6.61 Å². The van der Waals surface area contributed by atoms with Gasteiger partial charge in [-0.25, -0.2) is 8.42 Å². The molecule has 2 N–H and O–H groups in total. The van der Waals surface area contributed by atoms with Crippen LogP contribution < -0.4 is 5.56 Å². The fraction of sp³-hybridized carbons (Fsp3) is 0.350. The van der Waals surface area contributed by atoms with Crippen LogP contribution in [0.4, 0.5) is 13.2 Å². The van der Waals surface area contributed by atoms with Crippen LogP contribution in [0.3, 0.4) is 0 Å². The molecule has 1 saturated carbocycles. The maximum atomic E-state index is 12.9. The van der Waals surface area contributed by atoms with Crippen LogP contribution in [0.15, 0.2) is 52.2 Å². The summed E-state index contributed by atoms with van der Waals surface area (Å²) in [6.07, 6.45) is -1.89. The van der Waals surface area contributed by atoms with Crippen LogP contribution in [-0.2, 0) is 16.0 Å². The fourth-order valence-electron chi connectivity index (χ4n) is 2.93. The molecule has 0 radical (unpaired) electrons. The summed E-state index contributed by atoms with van der Waals surface area (Å²) in [7, 11) is -3.37. The smallest absolute Gasteiger partial charge is 0.396 e. The first-order valence-electron chi connectivity index (χ1n) is 9.02. The van der Waals surface area contributed by atoms with Gasteiger partial charge in [-0.1, -0.05) is 25.1 Å². The topological polar surface area (TPSA) is 87.2 Å². The molecule has 29 heavy (non-hydrogen) atoms. The van der Waals surface area contributed by atoms with Crippen LogP contribution in [0, 0.1) is 5.92 Å². The van der Waals surface area contributed by atoms with Crippen LogP contribution in [0.2, 0.25) is 0 Å². The van der Waals surface area contributed by atoms with E-state index in [1.807, 2.05) is 0 Å². The van der Waals surface area contributed by atoms with Crippen LogP contribution in [0.5, 0.6) is 0 Å². The van der Waals surface area contributed by atoms with Crippen LogP contribution in [0.25, 0.3) is 5.57 Å². The number of sulfone groups is 1. The number of nitrogens with one attached hydrogen (secondary N) is 1. The van der Waals surface area contributed by atoms with E-state index >= 15 is 0 Å². The number of aliphatic hydroxyl groups is 1. The van der Waals surface area contributed by atoms with Gasteiger partial charge >= 0.3 is 6.18 Å². The van der Waals surface area contributed by atoms with Crippen molar-refractivity contribution in [1.29, 1.82) is 0 Å². The summed E-state index contributed by atoms with van der Waals surface area (Å²) in [6, 6.07) is 7.83. The minimum Gasteiger partial charge on any atom is -0.396 e. The van der Waals surface area contributed by atoms with Crippen LogP contribution in [0.1, 0.15) is 36.6 Å². The average Bonchev–Trinajstić information content (AvgIpc) is 3.50. The lowest BCUT2D eigenvalue weighted by Gasteiger charge is -2.13. The highest BCUT2D eigenvalue weighted by Gasteiger charge is 2.37. The summed E-state index contributed by atoms with van der Waals surface area (Å²) in [6.45, 7) is 1.50. The van der Waals surface area contributed by atoms with Crippen LogP contribution in [-0.4, -0.2) is 30.4 Å². The predicted octanol–water partition coefficient (Wildman–Crippen LogP) is 3.39. The molecule has 0 amide bonds. The molecule has 1 aliphatic carbocycles. The number of pyridine rings is 1. The zero-order chi connectivity index (χ0) is 21.4. The summed E-state index contributed by atoms with van der Waals surface area (Å²) in [5.41, 5.74) is -1.53. The minimum atomic E-state index is -4.77. The highest BCUT2D eigenvalue weighted by Crippen LogP contribution is 2.34. The number of aliphatic hydroxyl groups excluding tert-OH is 1. The predicted molar refractivity (Wildman–Crippen MR) is 102 cm³/mol. The highest BCUT2D eigenvalue weighted by molar-refractivity contribution is 7.92. The molecule has 1 atom stereocenters. The monoisotopic (exact) mass is 427 g/mol. The van der Waals surface area contributed by atoms with Gasteiger partial charge in [-0.2, -0.15) is 13.2 Å². The van der Waals surface area contributed by atoms with Gasteiger partial charge in [0, 0.05) is 17.9 Å². The Kier molecular flexibility index (Phi) is 5.73. The molecule has 1 fully saturated rings. The quantitative estimate of drug-likeness (QED) is 0.740. The molecule has 1 aromatic carbocycles. The number of halogens is 3. The summed E-state index contributed by atoms with van der Waals surface area (Å²) < 4.78 is 63.3. The van der Waals surface area contributed by atoms with Crippen molar-refractivity contribution in [1.82, 2.24) is 4.98 Å². The number of hydrogen-bond acceptors (Lipinski definition) is 4. The Hall–Kier alpha value is -2.39. The van der Waals surface area contributed by atoms with Crippen molar-refractivity contribution in [3.8, 4) is 0 Å². The molecule has 5 nitrogen and oxygen atoms in total. The van der Waals surface area contributed by atoms with E-state index in [4.69, 9.17) is 0 Å². The number of benzene rings is 1. The minimum absolute atomic E-state index is 0.140. The molecule has 0 unspecified atom stereocenters. The summed E-state index contributed by atoms with van der Waals surface area (Å²) in [5.74, 6) is -0.342. The van der Waals surface area contributed by atoms with Crippen molar-refractivity contribution in [3.05, 3.63) is 69.6 Å². The number of H-pyrrole nitrogens is 1. The molecular formula is C20H20F3NO4S. The van der Waals surface area contributed by atoms with Gasteiger partial charge < -0.3 is 10.1 Å². The highest BCUT2D eigenvalue weighted by atomic mass is 32.2. The molecular weight excluding hydrogens is 407 g/mol. The normalized spacial score (nSPS) is 16.7. The van der Waals surface area contributed by atoms with Gasteiger partial charge in [0.15, 0.2) is 9.84 Å². The third kappa shape index (κ3) is 4.62. The van der Waals surface area contributed by atoms with Crippen molar-refractivity contribution < 1.29 is 26.7 Å². The second kappa shape index (κ2) is 7.79. The van der Waals surface area contributed by atoms with Crippen molar-refractivity contribution in [3.63, 3.8) is 0 Å². The van der Waals surface area contributed by atoms with Gasteiger partial charge in [-0.15, -0.1) is 0 Å². The lowest BCUT2D eigenvalue weighted by atomic mass is 9.97. The van der Waals surface area contributed by atoms with E-state index in [9.17, 15) is 31.5 Å². The maximum Gasteiger partial charge on any atom is 0.421 e. The summed E-state index contributed by atoms with van der Waals surface area (Å²) in [4.78, 5) is 14.3. The first kappa shape index (κ1) is 21.3. The second-order valence-corrected chi connectivity index (χ2v) is 9.35. The van der Waals surface area contributed by atoms with Gasteiger partial charge in [-0.05, 0) is 48.6 Å². The zero-order valence-corrected chi connectivity index (χ0v) is 16.3. The third-order valence-electron chi connectivity index (χ3n) is 4.70. The Morgan fingerprint density at radius 3 is 2.31 bits per heavy atom. The Morgan fingerprint density at radius 2 is 1.83 bits per heavy atom. The van der Waals surface area contributed by atoms with Gasteiger partial charge in [0.1, 0.15) is 5.56 Å². The first-order chi connectivity index (χ1) is 13.5. The average molecular weight is 427 g/mol. The van der Waals surface area contributed by atoms with E-state index < -0.39 is 27.1 Å². The Balaban J connectivity index is 2.04. The second-order valence-electron chi connectivity index (χ2n) is 7.12. The summed E-state index contributed by atoms with van der Waals surface area (Å²) in [5, 5.41) is 9.00. The molecule has 0 saturated heterocycles. The molecule has 2 aromatic rings. The van der Waals surface area contributed by atoms with Gasteiger partial charge in [0.2, 0.25) is 0 Å². The van der Waals surface area contributed by atoms with E-state index in [0.717, 1.165) is 6.07 Å². The standard InChI is InChI=1S/C20H20F3NO4S/c1-12(11-25)10-16(18-9-8-17(19(26)24-18)20(21,22)23)13-2-4-14(5-3-13)29(27,28)15-6-7-15/h2-5,8-10,12,15,25H,6-7,11H2,1H3,(H,24,26)/b16-10-/t12-/m0/s1. The molecule has 0 aliphatic heterocycles. The molecule has 1 aliphatic rings. The Labute approximate surface area is 165 Å². The maximum absolute atomic E-state index is 12.9. The lowest BCUT2D eigenvalue weighted by Crippen LogP contribution is -2.22. The number of hydrogen-bond donors (Lipinski definition) is 2. The number of aromatic nitrogens is 1. The SMILES string of the molecule is C[C@@H](/C=C(/c1ccc(S(=O)(=O)C2CC2)cc1)c1ccc(C(F)(F)F)c(=O)[nH]1)CO. The van der Waals surface area contributed by atoms with Gasteiger partial charge in [0.05, 0.1) is 10.1 Å². The summed E-state index contributed by atoms with van der Waals surface area (Å²) >= 11 is 0. The third-order valence-corrected chi connectivity index (χ3v) is 6.98. The largest absolute Gasteiger partial charge is 0.421 e. The molecule has 1 heterocycles. The Morgan fingerprint density at radius 1 is 1.21 bits per heavy atom. The first-order valence-corrected chi connectivity index (χ1v) is 10.6. The van der Waals surface area contributed by atoms with Gasteiger partial charge in [0.25, 0.3) is 5.56 Å². The lowest BCUT2D eigenvalue weighted by molar-refractivity contribution is -0.138. The number of alkyl halides is 3. The molecule has 0 spiro atoms. The zero-order valence-electron chi connectivity index (χ0n) is 15.5. The van der Waals surface area contributed by atoms with E-state index in [0.29, 0.717) is 30.0 Å². The molecule has 9 heteroatoms. The van der Waals surface area contributed by atoms with Gasteiger partial charge in [-0.3, -0.25) is 4.79 Å².